The second-order valence-electron chi connectivity index (χ2n) is 4.66. The lowest BCUT2D eigenvalue weighted by molar-refractivity contribution is 0.633. The summed E-state index contributed by atoms with van der Waals surface area (Å²) in [7, 11) is 0. The summed E-state index contributed by atoms with van der Waals surface area (Å²) in [4.78, 5) is 0. The summed E-state index contributed by atoms with van der Waals surface area (Å²) in [6.45, 7) is 9.07. The molecular formula is C15H21N3. The minimum atomic E-state index is 0.875. The van der Waals surface area contributed by atoms with Crippen molar-refractivity contribution in [2.45, 2.75) is 40.4 Å². The third-order valence-electron chi connectivity index (χ3n) is 3.23. The van der Waals surface area contributed by atoms with Crippen molar-refractivity contribution in [3.8, 4) is 0 Å². The predicted octanol–water partition coefficient (Wildman–Crippen LogP) is 2.81. The molecule has 1 heterocycles. The van der Waals surface area contributed by atoms with Gasteiger partial charge in [0, 0.05) is 30.9 Å². The molecule has 18 heavy (non-hydrogen) atoms. The molecule has 0 radical (unpaired) electrons. The van der Waals surface area contributed by atoms with Crippen molar-refractivity contribution in [1.82, 2.24) is 15.1 Å². The van der Waals surface area contributed by atoms with Gasteiger partial charge in [0.15, 0.2) is 0 Å². The van der Waals surface area contributed by atoms with Crippen LogP contribution in [0.25, 0.3) is 0 Å². The van der Waals surface area contributed by atoms with Gasteiger partial charge in [-0.15, -0.1) is 0 Å². The zero-order valence-corrected chi connectivity index (χ0v) is 11.4. The Kier molecular flexibility index (Phi) is 4.15. The van der Waals surface area contributed by atoms with Gasteiger partial charge in [0.25, 0.3) is 0 Å². The lowest BCUT2D eigenvalue weighted by atomic mass is 10.1. The van der Waals surface area contributed by atoms with E-state index in [-0.39, 0.29) is 0 Å². The van der Waals surface area contributed by atoms with Crippen molar-refractivity contribution in [2.75, 3.05) is 0 Å². The first-order valence-corrected chi connectivity index (χ1v) is 6.48. The molecule has 0 bridgehead atoms. The smallest absolute Gasteiger partial charge is 0.0537 e. The van der Waals surface area contributed by atoms with Gasteiger partial charge in [-0.1, -0.05) is 29.8 Å². The van der Waals surface area contributed by atoms with E-state index in [1.54, 1.807) is 0 Å². The monoisotopic (exact) mass is 243 g/mol. The topological polar surface area (TPSA) is 29.9 Å². The van der Waals surface area contributed by atoms with Gasteiger partial charge in [0.2, 0.25) is 0 Å². The van der Waals surface area contributed by atoms with E-state index >= 15 is 0 Å². The second kappa shape index (κ2) is 5.83. The van der Waals surface area contributed by atoms with E-state index in [0.717, 1.165) is 19.6 Å². The van der Waals surface area contributed by atoms with Crippen molar-refractivity contribution in [3.63, 3.8) is 0 Å². The fourth-order valence-electron chi connectivity index (χ4n) is 2.14. The Morgan fingerprint density at radius 3 is 2.72 bits per heavy atom. The molecular weight excluding hydrogens is 222 g/mol. The Balaban J connectivity index is 1.90. The van der Waals surface area contributed by atoms with Crippen LogP contribution in [0.4, 0.5) is 0 Å². The molecule has 0 unspecified atom stereocenters. The maximum absolute atomic E-state index is 4.35. The Morgan fingerprint density at radius 1 is 1.22 bits per heavy atom. The van der Waals surface area contributed by atoms with Crippen LogP contribution in [0.5, 0.6) is 0 Å². The van der Waals surface area contributed by atoms with Gasteiger partial charge in [-0.05, 0) is 26.3 Å². The van der Waals surface area contributed by atoms with Gasteiger partial charge in [0.1, 0.15) is 0 Å². The Morgan fingerprint density at radius 2 is 2.06 bits per heavy atom. The zero-order chi connectivity index (χ0) is 13.0. The molecule has 0 amide bonds. The molecule has 0 spiro atoms. The van der Waals surface area contributed by atoms with Crippen LogP contribution in [0.1, 0.15) is 29.3 Å². The number of aryl methyl sites for hydroxylation is 2. The SMILES string of the molecule is CCn1ncc(CNCc2cccc(C)c2)c1C. The highest BCUT2D eigenvalue weighted by molar-refractivity contribution is 5.22. The van der Waals surface area contributed by atoms with Crippen LogP contribution in [-0.4, -0.2) is 9.78 Å². The lowest BCUT2D eigenvalue weighted by Crippen LogP contribution is -2.13. The van der Waals surface area contributed by atoms with Gasteiger partial charge in [-0.2, -0.15) is 5.10 Å². The van der Waals surface area contributed by atoms with E-state index < -0.39 is 0 Å². The minimum absolute atomic E-state index is 0.875. The molecule has 1 aromatic carbocycles. The highest BCUT2D eigenvalue weighted by Crippen LogP contribution is 2.08. The Hall–Kier alpha value is -1.61. The zero-order valence-electron chi connectivity index (χ0n) is 11.4. The quantitative estimate of drug-likeness (QED) is 0.875. The van der Waals surface area contributed by atoms with Crippen molar-refractivity contribution < 1.29 is 0 Å². The molecule has 0 saturated heterocycles. The molecule has 1 N–H and O–H groups in total. The van der Waals surface area contributed by atoms with E-state index in [1.807, 2.05) is 10.9 Å². The van der Waals surface area contributed by atoms with Gasteiger partial charge >= 0.3 is 0 Å². The van der Waals surface area contributed by atoms with E-state index in [1.165, 1.54) is 22.4 Å². The summed E-state index contributed by atoms with van der Waals surface area (Å²) in [5.74, 6) is 0. The number of aromatic nitrogens is 2. The first-order chi connectivity index (χ1) is 8.70. The summed E-state index contributed by atoms with van der Waals surface area (Å²) < 4.78 is 2.03. The molecule has 2 aromatic rings. The lowest BCUT2D eigenvalue weighted by Gasteiger charge is -2.06. The molecule has 96 valence electrons. The number of hydrogen-bond donors (Lipinski definition) is 1. The summed E-state index contributed by atoms with van der Waals surface area (Å²) in [5.41, 5.74) is 5.18. The summed E-state index contributed by atoms with van der Waals surface area (Å²) in [5, 5.41) is 7.82. The fraction of sp³-hybridized carbons (Fsp3) is 0.400. The molecule has 0 atom stereocenters. The first-order valence-electron chi connectivity index (χ1n) is 6.48. The van der Waals surface area contributed by atoms with Gasteiger partial charge in [-0.25, -0.2) is 0 Å². The van der Waals surface area contributed by atoms with Crippen LogP contribution < -0.4 is 5.32 Å². The van der Waals surface area contributed by atoms with E-state index in [2.05, 4.69) is 55.5 Å². The third kappa shape index (κ3) is 2.99. The van der Waals surface area contributed by atoms with Crippen LogP contribution in [-0.2, 0) is 19.6 Å². The standard InChI is InChI=1S/C15H21N3/c1-4-18-13(3)15(11-17-18)10-16-9-14-7-5-6-12(2)8-14/h5-8,11,16H,4,9-10H2,1-3H3. The van der Waals surface area contributed by atoms with E-state index in [4.69, 9.17) is 0 Å². The Labute approximate surface area is 109 Å². The summed E-state index contributed by atoms with van der Waals surface area (Å²) in [6.07, 6.45) is 1.96. The third-order valence-corrected chi connectivity index (χ3v) is 3.23. The molecule has 1 aromatic heterocycles. The molecule has 3 nitrogen and oxygen atoms in total. The first kappa shape index (κ1) is 12.8. The summed E-state index contributed by atoms with van der Waals surface area (Å²) in [6, 6.07) is 8.60. The average Bonchev–Trinajstić information content (AvgIpc) is 2.71. The molecule has 2 rings (SSSR count). The van der Waals surface area contributed by atoms with Crippen molar-refractivity contribution in [3.05, 3.63) is 52.8 Å². The van der Waals surface area contributed by atoms with E-state index in [9.17, 15) is 0 Å². The molecule has 0 fully saturated rings. The number of rotatable bonds is 5. The second-order valence-corrected chi connectivity index (χ2v) is 4.66. The highest BCUT2D eigenvalue weighted by Gasteiger charge is 2.04. The van der Waals surface area contributed by atoms with Crippen LogP contribution in [0, 0.1) is 13.8 Å². The minimum Gasteiger partial charge on any atom is -0.308 e. The van der Waals surface area contributed by atoms with Crippen LogP contribution in [0.2, 0.25) is 0 Å². The van der Waals surface area contributed by atoms with Crippen molar-refractivity contribution >= 4 is 0 Å². The summed E-state index contributed by atoms with van der Waals surface area (Å²) >= 11 is 0. The van der Waals surface area contributed by atoms with Crippen LogP contribution >= 0.6 is 0 Å². The largest absolute Gasteiger partial charge is 0.308 e. The maximum Gasteiger partial charge on any atom is 0.0537 e. The molecule has 0 aliphatic carbocycles. The number of nitrogens with one attached hydrogen (secondary N) is 1. The Bertz CT molecular complexity index is 514. The maximum atomic E-state index is 4.35. The fourth-order valence-corrected chi connectivity index (χ4v) is 2.14. The molecule has 3 heteroatoms. The number of nitrogens with zero attached hydrogens (tertiary/aromatic N) is 2. The predicted molar refractivity (Wildman–Crippen MR) is 74.4 cm³/mol. The van der Waals surface area contributed by atoms with Crippen LogP contribution in [0.15, 0.2) is 30.5 Å². The van der Waals surface area contributed by atoms with Gasteiger partial charge in [0.05, 0.1) is 6.20 Å². The number of hydrogen-bond acceptors (Lipinski definition) is 2. The average molecular weight is 243 g/mol. The molecule has 0 aliphatic rings. The van der Waals surface area contributed by atoms with Crippen LogP contribution in [0.3, 0.4) is 0 Å². The highest BCUT2D eigenvalue weighted by atomic mass is 15.3. The molecule has 0 saturated carbocycles. The van der Waals surface area contributed by atoms with E-state index in [0.29, 0.717) is 0 Å². The van der Waals surface area contributed by atoms with Gasteiger partial charge in [-0.3, -0.25) is 4.68 Å². The van der Waals surface area contributed by atoms with Gasteiger partial charge < -0.3 is 5.32 Å². The molecule has 0 aliphatic heterocycles. The van der Waals surface area contributed by atoms with Crippen molar-refractivity contribution in [1.29, 1.82) is 0 Å². The normalized spacial score (nSPS) is 10.8. The number of benzene rings is 1. The van der Waals surface area contributed by atoms with Crippen molar-refractivity contribution in [2.24, 2.45) is 0 Å².